The third kappa shape index (κ3) is 6.34. The van der Waals surface area contributed by atoms with E-state index in [0.717, 1.165) is 24.1 Å². The zero-order valence-corrected chi connectivity index (χ0v) is 15.7. The van der Waals surface area contributed by atoms with E-state index in [9.17, 15) is 4.79 Å². The summed E-state index contributed by atoms with van der Waals surface area (Å²) < 4.78 is 0. The molecule has 2 aromatic rings. The van der Waals surface area contributed by atoms with Crippen molar-refractivity contribution in [3.05, 3.63) is 71.3 Å². The molecule has 0 saturated heterocycles. The van der Waals surface area contributed by atoms with Crippen LogP contribution in [0.15, 0.2) is 54.6 Å². The molecule has 4 heteroatoms. The summed E-state index contributed by atoms with van der Waals surface area (Å²) >= 11 is 0. The van der Waals surface area contributed by atoms with Crippen LogP contribution in [0.1, 0.15) is 30.0 Å². The lowest BCUT2D eigenvalue weighted by Crippen LogP contribution is -2.40. The molecular weight excluding hydrogens is 322 g/mol. The second kappa shape index (κ2) is 10.4. The summed E-state index contributed by atoms with van der Waals surface area (Å²) in [7, 11) is 0. The van der Waals surface area contributed by atoms with Crippen LogP contribution in [0.3, 0.4) is 0 Å². The molecule has 2 aromatic carbocycles. The Morgan fingerprint density at radius 1 is 1.00 bits per heavy atom. The molecule has 0 radical (unpaired) electrons. The maximum absolute atomic E-state index is 12.9. The van der Waals surface area contributed by atoms with Gasteiger partial charge in [-0.2, -0.15) is 5.26 Å². The highest BCUT2D eigenvalue weighted by atomic mass is 16.2. The summed E-state index contributed by atoms with van der Waals surface area (Å²) in [4.78, 5) is 16.6. The molecule has 0 aromatic heterocycles. The van der Waals surface area contributed by atoms with Crippen molar-refractivity contribution in [1.29, 1.82) is 5.26 Å². The van der Waals surface area contributed by atoms with E-state index in [1.807, 2.05) is 40.1 Å². The smallest absolute Gasteiger partial charge is 0.237 e. The van der Waals surface area contributed by atoms with Crippen LogP contribution >= 0.6 is 0 Å². The van der Waals surface area contributed by atoms with Gasteiger partial charge in [0.25, 0.3) is 0 Å². The molecule has 0 aliphatic carbocycles. The van der Waals surface area contributed by atoms with Crippen LogP contribution in [0.5, 0.6) is 0 Å². The van der Waals surface area contributed by atoms with Gasteiger partial charge in [-0.1, -0.05) is 67.1 Å². The Morgan fingerprint density at radius 3 is 2.27 bits per heavy atom. The Kier molecular flexibility index (Phi) is 7.85. The number of nitriles is 1. The van der Waals surface area contributed by atoms with Gasteiger partial charge in [0.05, 0.1) is 19.2 Å². The van der Waals surface area contributed by atoms with E-state index < -0.39 is 0 Å². The Morgan fingerprint density at radius 2 is 1.65 bits per heavy atom. The van der Waals surface area contributed by atoms with Crippen molar-refractivity contribution in [2.75, 3.05) is 19.6 Å². The zero-order chi connectivity index (χ0) is 18.8. The largest absolute Gasteiger partial charge is 0.337 e. The molecule has 4 nitrogen and oxygen atoms in total. The third-order valence-electron chi connectivity index (χ3n) is 4.24. The van der Waals surface area contributed by atoms with Gasteiger partial charge < -0.3 is 4.90 Å². The van der Waals surface area contributed by atoms with Crippen molar-refractivity contribution in [1.82, 2.24) is 9.80 Å². The number of rotatable bonds is 9. The molecular formula is C22H27N3O. The van der Waals surface area contributed by atoms with Gasteiger partial charge in [0.2, 0.25) is 5.91 Å². The molecule has 0 fully saturated rings. The lowest BCUT2D eigenvalue weighted by Gasteiger charge is -2.26. The molecule has 2 rings (SSSR count). The Hall–Kier alpha value is -2.64. The Labute approximate surface area is 156 Å². The molecule has 0 N–H and O–H groups in total. The highest BCUT2D eigenvalue weighted by Crippen LogP contribution is 2.10. The number of carbonyl (C=O) groups excluding carboxylic acids is 1. The lowest BCUT2D eigenvalue weighted by molar-refractivity contribution is -0.133. The van der Waals surface area contributed by atoms with Crippen LogP contribution in [-0.2, 0) is 17.9 Å². The van der Waals surface area contributed by atoms with E-state index in [1.165, 1.54) is 5.56 Å². The first kappa shape index (κ1) is 19.7. The first-order valence-corrected chi connectivity index (χ1v) is 9.09. The SMILES string of the molecule is CCCN(Cc1ccc(C)cc1)C(=O)CN(CC#N)Cc1ccccc1. The fourth-order valence-electron chi connectivity index (χ4n) is 2.88. The number of carbonyl (C=O) groups is 1. The van der Waals surface area contributed by atoms with Gasteiger partial charge in [0, 0.05) is 19.6 Å². The summed E-state index contributed by atoms with van der Waals surface area (Å²) in [6, 6.07) is 20.4. The highest BCUT2D eigenvalue weighted by Gasteiger charge is 2.17. The second-order valence-corrected chi connectivity index (χ2v) is 6.59. The normalized spacial score (nSPS) is 10.5. The molecule has 0 spiro atoms. The van der Waals surface area contributed by atoms with Crippen LogP contribution in [0.2, 0.25) is 0 Å². The minimum absolute atomic E-state index is 0.0682. The van der Waals surface area contributed by atoms with Crippen LogP contribution in [-0.4, -0.2) is 35.3 Å². The number of hydrogen-bond donors (Lipinski definition) is 0. The predicted molar refractivity (Wildman–Crippen MR) is 104 cm³/mol. The van der Waals surface area contributed by atoms with Crippen LogP contribution in [0.4, 0.5) is 0 Å². The molecule has 1 amide bonds. The molecule has 0 atom stereocenters. The minimum Gasteiger partial charge on any atom is -0.337 e. The number of amides is 1. The van der Waals surface area contributed by atoms with E-state index in [4.69, 9.17) is 5.26 Å². The number of nitrogens with zero attached hydrogens (tertiary/aromatic N) is 3. The van der Waals surface area contributed by atoms with Gasteiger partial charge in [-0.05, 0) is 24.5 Å². The van der Waals surface area contributed by atoms with Crippen molar-refractivity contribution in [3.8, 4) is 6.07 Å². The quantitative estimate of drug-likeness (QED) is 0.648. The molecule has 0 unspecified atom stereocenters. The topological polar surface area (TPSA) is 47.3 Å². The van der Waals surface area contributed by atoms with Gasteiger partial charge >= 0.3 is 0 Å². The molecule has 26 heavy (non-hydrogen) atoms. The molecule has 136 valence electrons. The van der Waals surface area contributed by atoms with Crippen LogP contribution < -0.4 is 0 Å². The van der Waals surface area contributed by atoms with Crippen molar-refractivity contribution in [3.63, 3.8) is 0 Å². The fraction of sp³-hybridized carbons (Fsp3) is 0.364. The summed E-state index contributed by atoms with van der Waals surface area (Å²) in [6.07, 6.45) is 0.911. The second-order valence-electron chi connectivity index (χ2n) is 6.59. The van der Waals surface area contributed by atoms with Crippen molar-refractivity contribution < 1.29 is 4.79 Å². The summed E-state index contributed by atoms with van der Waals surface area (Å²) in [5, 5.41) is 9.11. The predicted octanol–water partition coefficient (Wildman–Crippen LogP) is 3.76. The standard InChI is InChI=1S/C22H27N3O/c1-3-14-25(17-21-11-9-19(2)10-12-21)22(26)18-24(15-13-23)16-20-7-5-4-6-8-20/h4-12H,3,14-18H2,1-2H3. The first-order chi connectivity index (χ1) is 12.6. The van der Waals surface area contributed by atoms with Crippen molar-refractivity contribution in [2.24, 2.45) is 0 Å². The van der Waals surface area contributed by atoms with Crippen LogP contribution in [0.25, 0.3) is 0 Å². The molecule has 0 aliphatic rings. The summed E-state index contributed by atoms with van der Waals surface area (Å²) in [6.45, 7) is 6.57. The minimum atomic E-state index is 0.0682. The van der Waals surface area contributed by atoms with Crippen molar-refractivity contribution >= 4 is 5.91 Å². The van der Waals surface area contributed by atoms with E-state index in [0.29, 0.717) is 13.1 Å². The van der Waals surface area contributed by atoms with Gasteiger partial charge in [-0.3, -0.25) is 9.69 Å². The highest BCUT2D eigenvalue weighted by molar-refractivity contribution is 5.78. The number of hydrogen-bond acceptors (Lipinski definition) is 3. The van der Waals surface area contributed by atoms with E-state index >= 15 is 0 Å². The van der Waals surface area contributed by atoms with E-state index in [1.54, 1.807) is 0 Å². The number of benzene rings is 2. The Balaban J connectivity index is 2.03. The van der Waals surface area contributed by atoms with Gasteiger partial charge in [0.1, 0.15) is 0 Å². The first-order valence-electron chi connectivity index (χ1n) is 9.09. The maximum atomic E-state index is 12.9. The average Bonchev–Trinajstić information content (AvgIpc) is 2.64. The maximum Gasteiger partial charge on any atom is 0.237 e. The number of aryl methyl sites for hydroxylation is 1. The Bertz CT molecular complexity index is 719. The fourth-order valence-corrected chi connectivity index (χ4v) is 2.88. The lowest BCUT2D eigenvalue weighted by atomic mass is 10.1. The molecule has 0 heterocycles. The molecule has 0 bridgehead atoms. The third-order valence-corrected chi connectivity index (χ3v) is 4.24. The summed E-state index contributed by atoms with van der Waals surface area (Å²) in [5.74, 6) is 0.0682. The van der Waals surface area contributed by atoms with Gasteiger partial charge in [-0.15, -0.1) is 0 Å². The summed E-state index contributed by atoms with van der Waals surface area (Å²) in [5.41, 5.74) is 3.45. The van der Waals surface area contributed by atoms with Crippen molar-refractivity contribution in [2.45, 2.75) is 33.4 Å². The zero-order valence-electron chi connectivity index (χ0n) is 15.7. The molecule has 0 saturated carbocycles. The van der Waals surface area contributed by atoms with E-state index in [2.05, 4.69) is 44.2 Å². The molecule has 0 aliphatic heterocycles. The van der Waals surface area contributed by atoms with Gasteiger partial charge in [0.15, 0.2) is 0 Å². The monoisotopic (exact) mass is 349 g/mol. The van der Waals surface area contributed by atoms with Gasteiger partial charge in [-0.25, -0.2) is 0 Å². The van der Waals surface area contributed by atoms with E-state index in [-0.39, 0.29) is 19.0 Å². The average molecular weight is 349 g/mol. The van der Waals surface area contributed by atoms with Crippen LogP contribution in [0, 0.1) is 18.3 Å².